The predicted molar refractivity (Wildman–Crippen MR) is 48.6 cm³/mol. The van der Waals surface area contributed by atoms with Gasteiger partial charge in [-0.3, -0.25) is 0 Å². The SMILES string of the molecule is CN1CCC2(CCNC(=O)O2)CC1. The maximum Gasteiger partial charge on any atom is 0.407 e. The minimum Gasteiger partial charge on any atom is -0.443 e. The summed E-state index contributed by atoms with van der Waals surface area (Å²) < 4.78 is 5.39. The normalized spacial score (nSPS) is 28.2. The van der Waals surface area contributed by atoms with Gasteiger partial charge in [-0.15, -0.1) is 0 Å². The van der Waals surface area contributed by atoms with Gasteiger partial charge in [-0.25, -0.2) is 4.79 Å². The van der Waals surface area contributed by atoms with E-state index < -0.39 is 0 Å². The lowest BCUT2D eigenvalue weighted by Gasteiger charge is -2.42. The van der Waals surface area contributed by atoms with Gasteiger partial charge >= 0.3 is 6.09 Å². The van der Waals surface area contributed by atoms with E-state index in [1.807, 2.05) is 0 Å². The zero-order valence-corrected chi connectivity index (χ0v) is 8.01. The van der Waals surface area contributed by atoms with E-state index in [2.05, 4.69) is 17.3 Å². The molecule has 0 unspecified atom stereocenters. The predicted octanol–water partition coefficient (Wildman–Crippen LogP) is 0.581. The Kier molecular flexibility index (Phi) is 2.15. The van der Waals surface area contributed by atoms with Crippen molar-refractivity contribution in [3.8, 4) is 0 Å². The van der Waals surface area contributed by atoms with Gasteiger partial charge in [-0.1, -0.05) is 0 Å². The van der Waals surface area contributed by atoms with E-state index >= 15 is 0 Å². The Balaban J connectivity index is 1.99. The molecule has 0 aromatic heterocycles. The number of likely N-dealkylation sites (tertiary alicyclic amines) is 1. The zero-order chi connectivity index (χ0) is 9.31. The van der Waals surface area contributed by atoms with Crippen molar-refractivity contribution in [1.82, 2.24) is 10.2 Å². The van der Waals surface area contributed by atoms with Crippen LogP contribution in [0.3, 0.4) is 0 Å². The van der Waals surface area contributed by atoms with Gasteiger partial charge in [-0.05, 0) is 7.05 Å². The van der Waals surface area contributed by atoms with E-state index in [0.29, 0.717) is 0 Å². The second kappa shape index (κ2) is 3.18. The molecular formula is C9H16N2O2. The van der Waals surface area contributed by atoms with Gasteiger partial charge in [-0.2, -0.15) is 0 Å². The van der Waals surface area contributed by atoms with Gasteiger partial charge in [0.1, 0.15) is 5.60 Å². The second-order valence-electron chi connectivity index (χ2n) is 4.05. The van der Waals surface area contributed by atoms with Crippen LogP contribution in [0.4, 0.5) is 4.79 Å². The summed E-state index contributed by atoms with van der Waals surface area (Å²) in [6.07, 6.45) is 2.69. The van der Waals surface area contributed by atoms with Crippen molar-refractivity contribution in [2.45, 2.75) is 24.9 Å². The maximum absolute atomic E-state index is 11.1. The van der Waals surface area contributed by atoms with Crippen LogP contribution in [0, 0.1) is 0 Å². The van der Waals surface area contributed by atoms with Crippen LogP contribution in [0.25, 0.3) is 0 Å². The molecule has 0 aromatic carbocycles. The van der Waals surface area contributed by atoms with Crippen molar-refractivity contribution in [3.63, 3.8) is 0 Å². The summed E-state index contributed by atoms with van der Waals surface area (Å²) in [6.45, 7) is 2.84. The summed E-state index contributed by atoms with van der Waals surface area (Å²) in [4.78, 5) is 13.3. The molecule has 0 bridgehead atoms. The Morgan fingerprint density at radius 2 is 2.08 bits per heavy atom. The molecule has 2 aliphatic heterocycles. The van der Waals surface area contributed by atoms with E-state index in [-0.39, 0.29) is 11.7 Å². The number of nitrogens with one attached hydrogen (secondary N) is 1. The number of alkyl carbamates (subject to hydrolysis) is 1. The molecule has 0 aromatic rings. The third-order valence-electron chi connectivity index (χ3n) is 3.06. The highest BCUT2D eigenvalue weighted by Crippen LogP contribution is 2.30. The highest BCUT2D eigenvalue weighted by Gasteiger charge is 2.39. The van der Waals surface area contributed by atoms with Crippen molar-refractivity contribution in [3.05, 3.63) is 0 Å². The molecular weight excluding hydrogens is 168 g/mol. The van der Waals surface area contributed by atoms with E-state index in [9.17, 15) is 4.79 Å². The number of carbonyl (C=O) groups excluding carboxylic acids is 1. The summed E-state index contributed by atoms with van der Waals surface area (Å²) in [5.74, 6) is 0. The molecule has 13 heavy (non-hydrogen) atoms. The number of hydrogen-bond acceptors (Lipinski definition) is 3. The minimum absolute atomic E-state index is 0.144. The molecule has 2 heterocycles. The average Bonchev–Trinajstić information content (AvgIpc) is 2.11. The van der Waals surface area contributed by atoms with Crippen LogP contribution in [0.5, 0.6) is 0 Å². The van der Waals surface area contributed by atoms with Crippen LogP contribution in [-0.4, -0.2) is 43.3 Å². The van der Waals surface area contributed by atoms with E-state index in [4.69, 9.17) is 4.74 Å². The number of amides is 1. The van der Waals surface area contributed by atoms with Gasteiger partial charge in [0.25, 0.3) is 0 Å². The Bertz CT molecular complexity index is 210. The van der Waals surface area contributed by atoms with Gasteiger partial charge in [0.2, 0.25) is 0 Å². The summed E-state index contributed by atoms with van der Waals surface area (Å²) in [5, 5.41) is 2.69. The molecule has 74 valence electrons. The zero-order valence-electron chi connectivity index (χ0n) is 8.01. The van der Waals surface area contributed by atoms with E-state index in [1.165, 1.54) is 0 Å². The second-order valence-corrected chi connectivity index (χ2v) is 4.05. The fourth-order valence-corrected chi connectivity index (χ4v) is 2.05. The summed E-state index contributed by atoms with van der Waals surface area (Å²) in [7, 11) is 2.11. The van der Waals surface area contributed by atoms with Gasteiger partial charge in [0.05, 0.1) is 0 Å². The first-order chi connectivity index (χ1) is 6.20. The number of nitrogens with zero attached hydrogens (tertiary/aromatic N) is 1. The smallest absolute Gasteiger partial charge is 0.407 e. The van der Waals surface area contributed by atoms with Gasteiger partial charge in [0, 0.05) is 38.9 Å². The summed E-state index contributed by atoms with van der Waals surface area (Å²) >= 11 is 0. The summed E-state index contributed by atoms with van der Waals surface area (Å²) in [5.41, 5.74) is -0.144. The molecule has 4 nitrogen and oxygen atoms in total. The van der Waals surface area contributed by atoms with E-state index in [1.54, 1.807) is 0 Å². The number of rotatable bonds is 0. The highest BCUT2D eigenvalue weighted by atomic mass is 16.6. The molecule has 2 fully saturated rings. The van der Waals surface area contributed by atoms with Crippen molar-refractivity contribution in [2.75, 3.05) is 26.7 Å². The van der Waals surface area contributed by atoms with Crippen molar-refractivity contribution in [2.24, 2.45) is 0 Å². The van der Waals surface area contributed by atoms with Crippen LogP contribution in [0.15, 0.2) is 0 Å². The minimum atomic E-state index is -0.240. The Labute approximate surface area is 78.2 Å². The lowest BCUT2D eigenvalue weighted by atomic mass is 9.87. The number of carbonyl (C=O) groups is 1. The molecule has 0 radical (unpaired) electrons. The largest absolute Gasteiger partial charge is 0.443 e. The third-order valence-corrected chi connectivity index (χ3v) is 3.06. The Morgan fingerprint density at radius 1 is 1.38 bits per heavy atom. The number of ether oxygens (including phenoxy) is 1. The molecule has 2 aliphatic rings. The lowest BCUT2D eigenvalue weighted by molar-refractivity contribution is -0.0506. The fourth-order valence-electron chi connectivity index (χ4n) is 2.05. The first kappa shape index (κ1) is 8.81. The fraction of sp³-hybridized carbons (Fsp3) is 0.889. The first-order valence-electron chi connectivity index (χ1n) is 4.86. The van der Waals surface area contributed by atoms with Crippen LogP contribution >= 0.6 is 0 Å². The van der Waals surface area contributed by atoms with Gasteiger partial charge in [0.15, 0.2) is 0 Å². The monoisotopic (exact) mass is 184 g/mol. The molecule has 1 N–H and O–H groups in total. The molecule has 0 atom stereocenters. The average molecular weight is 184 g/mol. The van der Waals surface area contributed by atoms with Crippen LogP contribution in [0.1, 0.15) is 19.3 Å². The molecule has 1 amide bonds. The standard InChI is InChI=1S/C9H16N2O2/c1-11-6-3-9(4-7-11)2-5-10-8(12)13-9/h2-7H2,1H3,(H,10,12). The molecule has 4 heteroatoms. The maximum atomic E-state index is 11.1. The van der Waals surface area contributed by atoms with Crippen LogP contribution in [0.2, 0.25) is 0 Å². The quantitative estimate of drug-likeness (QED) is 0.598. The summed E-state index contributed by atoms with van der Waals surface area (Å²) in [6, 6.07) is 0. The molecule has 0 aliphatic carbocycles. The Hall–Kier alpha value is -0.770. The van der Waals surface area contributed by atoms with Crippen LogP contribution < -0.4 is 5.32 Å². The van der Waals surface area contributed by atoms with Gasteiger partial charge < -0.3 is 15.0 Å². The lowest BCUT2D eigenvalue weighted by Crippen LogP contribution is -2.52. The molecule has 2 saturated heterocycles. The van der Waals surface area contributed by atoms with Crippen LogP contribution in [-0.2, 0) is 4.74 Å². The van der Waals surface area contributed by atoms with Crippen molar-refractivity contribution >= 4 is 6.09 Å². The molecule has 1 spiro atoms. The van der Waals surface area contributed by atoms with E-state index in [0.717, 1.165) is 38.9 Å². The van der Waals surface area contributed by atoms with Crippen molar-refractivity contribution in [1.29, 1.82) is 0 Å². The Morgan fingerprint density at radius 3 is 2.69 bits per heavy atom. The third kappa shape index (κ3) is 1.77. The first-order valence-corrected chi connectivity index (χ1v) is 4.86. The molecule has 0 saturated carbocycles. The highest BCUT2D eigenvalue weighted by molar-refractivity contribution is 5.68. The van der Waals surface area contributed by atoms with Crippen molar-refractivity contribution < 1.29 is 9.53 Å². The number of piperidine rings is 1. The number of hydrogen-bond donors (Lipinski definition) is 1. The topological polar surface area (TPSA) is 41.6 Å². The molecule has 2 rings (SSSR count).